The van der Waals surface area contributed by atoms with Gasteiger partial charge >= 0.3 is 29.6 Å². The molecule has 9 atom stereocenters. The molecule has 4 fully saturated rings. The Bertz CT molecular complexity index is 879. The molecule has 0 aromatic carbocycles. The molecule has 0 saturated heterocycles. The van der Waals surface area contributed by atoms with Crippen LogP contribution < -0.4 is 29.6 Å². The molecule has 4 aliphatic rings. The fourth-order valence-corrected chi connectivity index (χ4v) is 9.93. The van der Waals surface area contributed by atoms with Crippen molar-refractivity contribution in [3.63, 3.8) is 0 Å². The Balaban J connectivity index is 0.00000342. The Morgan fingerprint density at radius 1 is 1.06 bits per heavy atom. The molecule has 4 aliphatic carbocycles. The maximum absolute atomic E-state index is 11.2. The van der Waals surface area contributed by atoms with Gasteiger partial charge in [0.2, 0.25) is 10.4 Å². The number of hydrogen-bond acceptors (Lipinski definition) is 6. The number of rotatable bonds is 7. The number of fused-ring (bicyclic) bond motifs is 5. The average Bonchev–Trinajstić information content (AvgIpc) is 3.09. The van der Waals surface area contributed by atoms with Gasteiger partial charge in [-0.3, -0.25) is 4.18 Å². The van der Waals surface area contributed by atoms with Crippen LogP contribution in [0, 0.1) is 52.3 Å². The van der Waals surface area contributed by atoms with Gasteiger partial charge in [-0.05, 0) is 97.7 Å². The SMILES string of the molecule is CC(C)CCC[C@@H](C)[C@H]1CC[C@H]2[C@@H]3C/C(=N/O)C4C[C@@H](OS(=O)(=O)[O-])CC[C@]4(C)[C@H]3CC[C@]12C.[Na+]. The topological polar surface area (TPSA) is 99.0 Å². The van der Waals surface area contributed by atoms with Gasteiger partial charge in [-0.2, -0.15) is 0 Å². The molecule has 0 radical (unpaired) electrons. The zero-order chi connectivity index (χ0) is 24.9. The van der Waals surface area contributed by atoms with Crippen LogP contribution in [0.3, 0.4) is 0 Å². The zero-order valence-corrected chi connectivity index (χ0v) is 25.6. The van der Waals surface area contributed by atoms with Crippen molar-refractivity contribution >= 4 is 16.1 Å². The first-order valence-electron chi connectivity index (χ1n) is 13.7. The molecule has 8 heteroatoms. The third kappa shape index (κ3) is 5.85. The van der Waals surface area contributed by atoms with Crippen molar-refractivity contribution in [3.8, 4) is 0 Å². The predicted octanol–water partition coefficient (Wildman–Crippen LogP) is 3.40. The predicted molar refractivity (Wildman–Crippen MR) is 132 cm³/mol. The van der Waals surface area contributed by atoms with Crippen LogP contribution in [0.25, 0.3) is 0 Å². The fourth-order valence-electron chi connectivity index (χ4n) is 9.42. The van der Waals surface area contributed by atoms with Crippen LogP contribution in [0.1, 0.15) is 105 Å². The van der Waals surface area contributed by atoms with Gasteiger partial charge in [0.05, 0.1) is 11.8 Å². The monoisotopic (exact) mass is 519 g/mol. The van der Waals surface area contributed by atoms with E-state index in [0.717, 1.165) is 36.3 Å². The molecule has 0 aliphatic heterocycles. The van der Waals surface area contributed by atoms with Crippen molar-refractivity contribution < 1.29 is 51.9 Å². The molecule has 0 aromatic heterocycles. The molecule has 0 amide bonds. The van der Waals surface area contributed by atoms with Crippen LogP contribution in [0.2, 0.25) is 0 Å². The van der Waals surface area contributed by atoms with E-state index in [0.29, 0.717) is 36.0 Å². The summed E-state index contributed by atoms with van der Waals surface area (Å²) in [6.07, 6.45) is 11.1. The molecular formula is C27H46NNaO5S. The second-order valence-corrected chi connectivity index (χ2v) is 14.2. The van der Waals surface area contributed by atoms with Gasteiger partial charge in [0.15, 0.2) is 0 Å². The Labute approximate surface area is 235 Å². The van der Waals surface area contributed by atoms with Crippen molar-refractivity contribution in [2.45, 2.75) is 111 Å². The Kier molecular flexibility index (Phi) is 9.58. The number of nitrogens with zero attached hydrogens (tertiary/aromatic N) is 1. The summed E-state index contributed by atoms with van der Waals surface area (Å²) in [6, 6.07) is 0. The van der Waals surface area contributed by atoms with Crippen molar-refractivity contribution in [2.75, 3.05) is 0 Å². The summed E-state index contributed by atoms with van der Waals surface area (Å²) in [5.74, 6) is 4.03. The zero-order valence-electron chi connectivity index (χ0n) is 22.8. The van der Waals surface area contributed by atoms with E-state index in [1.807, 2.05) is 0 Å². The van der Waals surface area contributed by atoms with Crippen LogP contribution in [-0.4, -0.2) is 30.0 Å². The largest absolute Gasteiger partial charge is 1.00 e. The molecule has 4 rings (SSSR count). The summed E-state index contributed by atoms with van der Waals surface area (Å²) < 4.78 is 38.5. The van der Waals surface area contributed by atoms with Gasteiger partial charge in [0.1, 0.15) is 0 Å². The summed E-state index contributed by atoms with van der Waals surface area (Å²) in [7, 11) is -4.73. The second-order valence-electron chi connectivity index (χ2n) is 13.2. The van der Waals surface area contributed by atoms with Crippen LogP contribution in [0.4, 0.5) is 0 Å². The van der Waals surface area contributed by atoms with Gasteiger partial charge in [0.25, 0.3) is 0 Å². The van der Waals surface area contributed by atoms with E-state index < -0.39 is 16.5 Å². The molecule has 0 heterocycles. The van der Waals surface area contributed by atoms with Gasteiger partial charge in [-0.15, -0.1) is 0 Å². The Morgan fingerprint density at radius 3 is 2.34 bits per heavy atom. The van der Waals surface area contributed by atoms with Crippen LogP contribution in [0.5, 0.6) is 0 Å². The third-order valence-electron chi connectivity index (χ3n) is 11.0. The van der Waals surface area contributed by atoms with Crippen molar-refractivity contribution in [3.05, 3.63) is 0 Å². The summed E-state index contributed by atoms with van der Waals surface area (Å²) in [5, 5.41) is 13.8. The molecule has 196 valence electrons. The van der Waals surface area contributed by atoms with Gasteiger partial charge < -0.3 is 9.76 Å². The standard InChI is InChI=1S/C27H47NO5S.Na/c1-17(2)7-6-8-18(3)21-9-10-22-20-16-25(28-29)24-15-19(33-34(30,31)32)11-13-27(24,5)23(20)12-14-26(21,22)4;/h17-24,29H,6-16H2,1-5H3,(H,30,31,32);/q;+1/p-1/b28-25-;/t18-,19+,20+,21-,22+,23+,24?,26-,27-;/m1./s1. The fraction of sp³-hybridized carbons (Fsp3) is 0.963. The van der Waals surface area contributed by atoms with Crippen LogP contribution >= 0.6 is 0 Å². The second kappa shape index (κ2) is 11.2. The minimum Gasteiger partial charge on any atom is -0.726 e. The summed E-state index contributed by atoms with van der Waals surface area (Å²) in [5.41, 5.74) is 1.14. The molecule has 1 N–H and O–H groups in total. The van der Waals surface area contributed by atoms with E-state index in [9.17, 15) is 18.2 Å². The van der Waals surface area contributed by atoms with Gasteiger partial charge in [0, 0.05) is 5.92 Å². The van der Waals surface area contributed by atoms with Gasteiger partial charge in [-0.1, -0.05) is 59.0 Å². The average molecular weight is 520 g/mol. The minimum atomic E-state index is -4.73. The molecular weight excluding hydrogens is 473 g/mol. The molecule has 0 spiro atoms. The molecule has 35 heavy (non-hydrogen) atoms. The van der Waals surface area contributed by atoms with Crippen molar-refractivity contribution in [2.24, 2.45) is 57.4 Å². The number of hydrogen-bond donors (Lipinski definition) is 1. The Hall–Kier alpha value is 0.340. The molecule has 0 aromatic rings. The van der Waals surface area contributed by atoms with Crippen LogP contribution in [0.15, 0.2) is 5.16 Å². The van der Waals surface area contributed by atoms with Crippen molar-refractivity contribution in [1.29, 1.82) is 0 Å². The van der Waals surface area contributed by atoms with E-state index >= 15 is 0 Å². The smallest absolute Gasteiger partial charge is 0.726 e. The van der Waals surface area contributed by atoms with E-state index in [-0.39, 0.29) is 40.9 Å². The first-order chi connectivity index (χ1) is 15.9. The normalized spacial score (nSPS) is 43.2. The van der Waals surface area contributed by atoms with E-state index in [1.165, 1.54) is 44.9 Å². The molecule has 4 saturated carbocycles. The third-order valence-corrected chi connectivity index (χ3v) is 11.5. The summed E-state index contributed by atoms with van der Waals surface area (Å²) >= 11 is 0. The van der Waals surface area contributed by atoms with Crippen LogP contribution in [-0.2, 0) is 14.6 Å². The number of oxime groups is 1. The van der Waals surface area contributed by atoms with Gasteiger partial charge in [-0.25, -0.2) is 8.42 Å². The maximum Gasteiger partial charge on any atom is 1.00 e. The molecule has 0 bridgehead atoms. The maximum atomic E-state index is 11.2. The molecule has 1 unspecified atom stereocenters. The quantitative estimate of drug-likeness (QED) is 0.183. The van der Waals surface area contributed by atoms with E-state index in [1.54, 1.807) is 0 Å². The summed E-state index contributed by atoms with van der Waals surface area (Å²) in [6.45, 7) is 12.0. The minimum absolute atomic E-state index is 0. The first-order valence-corrected chi connectivity index (χ1v) is 15.1. The first kappa shape index (κ1) is 29.9. The van der Waals surface area contributed by atoms with E-state index in [4.69, 9.17) is 4.18 Å². The molecule has 6 nitrogen and oxygen atoms in total. The van der Waals surface area contributed by atoms with E-state index in [2.05, 4.69) is 39.8 Å². The summed E-state index contributed by atoms with van der Waals surface area (Å²) in [4.78, 5) is 0. The Morgan fingerprint density at radius 2 is 1.71 bits per heavy atom. The van der Waals surface area contributed by atoms with Crippen molar-refractivity contribution in [1.82, 2.24) is 0 Å².